The molecule has 116 valence electrons. The van der Waals surface area contributed by atoms with Crippen molar-refractivity contribution in [2.75, 3.05) is 10.6 Å². The van der Waals surface area contributed by atoms with Crippen LogP contribution in [-0.4, -0.2) is 9.97 Å². The molecule has 1 heterocycles. The Morgan fingerprint density at radius 3 is 2.30 bits per heavy atom. The van der Waals surface area contributed by atoms with Crippen molar-refractivity contribution in [3.8, 4) is 0 Å². The first kappa shape index (κ1) is 14.9. The number of hydrogen-bond donors (Lipinski definition) is 2. The minimum atomic E-state index is -0.915. The average molecular weight is 312 g/mol. The van der Waals surface area contributed by atoms with Crippen LogP contribution in [0.15, 0.2) is 54.9 Å². The van der Waals surface area contributed by atoms with Crippen LogP contribution in [0.4, 0.5) is 31.8 Å². The monoisotopic (exact) mass is 312 g/mol. The van der Waals surface area contributed by atoms with Crippen LogP contribution in [0, 0.1) is 18.6 Å². The second kappa shape index (κ2) is 6.39. The van der Waals surface area contributed by atoms with Crippen LogP contribution in [0.1, 0.15) is 5.56 Å². The normalized spacial score (nSPS) is 10.4. The van der Waals surface area contributed by atoms with Crippen molar-refractivity contribution in [3.05, 3.63) is 72.1 Å². The van der Waals surface area contributed by atoms with Crippen molar-refractivity contribution in [1.29, 1.82) is 0 Å². The van der Waals surface area contributed by atoms with Crippen molar-refractivity contribution in [2.24, 2.45) is 0 Å². The number of nitrogens with zero attached hydrogens (tertiary/aromatic N) is 2. The lowest BCUT2D eigenvalue weighted by molar-refractivity contribution is 0.509. The molecule has 1 aromatic heterocycles. The molecule has 6 heteroatoms. The van der Waals surface area contributed by atoms with E-state index in [4.69, 9.17) is 0 Å². The molecule has 2 aromatic carbocycles. The van der Waals surface area contributed by atoms with Gasteiger partial charge in [-0.2, -0.15) is 0 Å². The summed E-state index contributed by atoms with van der Waals surface area (Å²) in [5.74, 6) is -0.732. The molecule has 0 amide bonds. The Bertz CT molecular complexity index is 836. The number of hydrogen-bond acceptors (Lipinski definition) is 4. The SMILES string of the molecule is Cc1ccccc1Nc1cc(Nc2ccc(F)c(F)c2)ncn1. The van der Waals surface area contributed by atoms with Gasteiger partial charge in [0.2, 0.25) is 0 Å². The van der Waals surface area contributed by atoms with E-state index < -0.39 is 11.6 Å². The lowest BCUT2D eigenvalue weighted by atomic mass is 10.2. The summed E-state index contributed by atoms with van der Waals surface area (Å²) >= 11 is 0. The van der Waals surface area contributed by atoms with Gasteiger partial charge in [-0.15, -0.1) is 0 Å². The molecular formula is C17H14F2N4. The number of benzene rings is 2. The lowest BCUT2D eigenvalue weighted by Gasteiger charge is -2.10. The van der Waals surface area contributed by atoms with E-state index in [0.717, 1.165) is 23.4 Å². The van der Waals surface area contributed by atoms with Crippen LogP contribution in [0.3, 0.4) is 0 Å². The first-order valence-electron chi connectivity index (χ1n) is 6.98. The summed E-state index contributed by atoms with van der Waals surface area (Å²) < 4.78 is 26.2. The van der Waals surface area contributed by atoms with E-state index in [0.29, 0.717) is 17.3 Å². The van der Waals surface area contributed by atoms with Gasteiger partial charge in [0.05, 0.1) is 0 Å². The molecule has 0 saturated heterocycles. The molecule has 0 saturated carbocycles. The summed E-state index contributed by atoms with van der Waals surface area (Å²) in [5.41, 5.74) is 2.43. The van der Waals surface area contributed by atoms with Gasteiger partial charge in [-0.05, 0) is 30.7 Å². The van der Waals surface area contributed by atoms with Gasteiger partial charge in [-0.1, -0.05) is 18.2 Å². The maximum Gasteiger partial charge on any atom is 0.160 e. The highest BCUT2D eigenvalue weighted by molar-refractivity contribution is 5.64. The van der Waals surface area contributed by atoms with Crippen molar-refractivity contribution in [2.45, 2.75) is 6.92 Å². The quantitative estimate of drug-likeness (QED) is 0.742. The maximum atomic E-state index is 13.2. The molecule has 23 heavy (non-hydrogen) atoms. The summed E-state index contributed by atoms with van der Waals surface area (Å²) in [6, 6.07) is 13.1. The van der Waals surface area contributed by atoms with E-state index in [2.05, 4.69) is 20.6 Å². The van der Waals surface area contributed by atoms with Crippen molar-refractivity contribution >= 4 is 23.0 Å². The summed E-state index contributed by atoms with van der Waals surface area (Å²) in [6.45, 7) is 1.99. The first-order valence-corrected chi connectivity index (χ1v) is 6.98. The summed E-state index contributed by atoms with van der Waals surface area (Å²) in [4.78, 5) is 8.23. The molecule has 0 aliphatic rings. The predicted molar refractivity (Wildman–Crippen MR) is 86.1 cm³/mol. The average Bonchev–Trinajstić information content (AvgIpc) is 2.54. The van der Waals surface area contributed by atoms with E-state index in [1.807, 2.05) is 31.2 Å². The van der Waals surface area contributed by atoms with E-state index in [-0.39, 0.29) is 0 Å². The molecule has 0 atom stereocenters. The van der Waals surface area contributed by atoms with Gasteiger partial charge < -0.3 is 10.6 Å². The Balaban J connectivity index is 1.79. The Morgan fingerprint density at radius 2 is 1.57 bits per heavy atom. The number of para-hydroxylation sites is 1. The summed E-state index contributed by atoms with van der Waals surface area (Å²) in [6.07, 6.45) is 1.39. The highest BCUT2D eigenvalue weighted by Gasteiger charge is 2.05. The number of rotatable bonds is 4. The smallest absolute Gasteiger partial charge is 0.160 e. The fourth-order valence-corrected chi connectivity index (χ4v) is 2.07. The number of halogens is 2. The fraction of sp³-hybridized carbons (Fsp3) is 0.0588. The van der Waals surface area contributed by atoms with Gasteiger partial charge >= 0.3 is 0 Å². The molecule has 0 radical (unpaired) electrons. The molecule has 4 nitrogen and oxygen atoms in total. The third-order valence-corrected chi connectivity index (χ3v) is 3.27. The van der Waals surface area contributed by atoms with Crippen LogP contribution < -0.4 is 10.6 Å². The molecule has 0 aliphatic carbocycles. The van der Waals surface area contributed by atoms with Gasteiger partial charge in [0.1, 0.15) is 18.0 Å². The van der Waals surface area contributed by atoms with E-state index >= 15 is 0 Å². The second-order valence-electron chi connectivity index (χ2n) is 4.98. The molecule has 0 fully saturated rings. The minimum absolute atomic E-state index is 0.407. The standard InChI is InChI=1S/C17H14F2N4/c1-11-4-2-3-5-15(11)23-17-9-16(20-10-21-17)22-12-6-7-13(18)14(19)8-12/h2-10H,1H3,(H2,20,21,22,23). The maximum absolute atomic E-state index is 13.2. The Hall–Kier alpha value is -3.02. The molecular weight excluding hydrogens is 298 g/mol. The van der Waals surface area contributed by atoms with E-state index in [1.165, 1.54) is 12.4 Å². The molecule has 0 bridgehead atoms. The molecule has 0 spiro atoms. The highest BCUT2D eigenvalue weighted by Crippen LogP contribution is 2.22. The van der Waals surface area contributed by atoms with Crippen LogP contribution in [0.2, 0.25) is 0 Å². The minimum Gasteiger partial charge on any atom is -0.340 e. The van der Waals surface area contributed by atoms with Crippen LogP contribution in [-0.2, 0) is 0 Å². The zero-order chi connectivity index (χ0) is 16.2. The molecule has 2 N–H and O–H groups in total. The lowest BCUT2D eigenvalue weighted by Crippen LogP contribution is -2.00. The molecule has 3 aromatic rings. The van der Waals surface area contributed by atoms with Gasteiger partial charge in [-0.25, -0.2) is 18.7 Å². The Morgan fingerprint density at radius 1 is 0.826 bits per heavy atom. The van der Waals surface area contributed by atoms with E-state index in [9.17, 15) is 8.78 Å². The Kier molecular flexibility index (Phi) is 4.14. The van der Waals surface area contributed by atoms with Crippen molar-refractivity contribution in [3.63, 3.8) is 0 Å². The molecule has 3 rings (SSSR count). The molecule has 0 aliphatic heterocycles. The number of aromatic nitrogens is 2. The predicted octanol–water partition coefficient (Wildman–Crippen LogP) is 4.55. The highest BCUT2D eigenvalue weighted by atomic mass is 19.2. The van der Waals surface area contributed by atoms with E-state index in [1.54, 1.807) is 6.07 Å². The number of anilines is 4. The van der Waals surface area contributed by atoms with Crippen LogP contribution in [0.25, 0.3) is 0 Å². The zero-order valence-corrected chi connectivity index (χ0v) is 12.3. The van der Waals surface area contributed by atoms with Crippen LogP contribution >= 0.6 is 0 Å². The van der Waals surface area contributed by atoms with Crippen molar-refractivity contribution < 1.29 is 8.78 Å². The Labute approximate surface area is 132 Å². The van der Waals surface area contributed by atoms with Crippen molar-refractivity contribution in [1.82, 2.24) is 9.97 Å². The zero-order valence-electron chi connectivity index (χ0n) is 12.3. The third kappa shape index (κ3) is 3.60. The van der Waals surface area contributed by atoms with Crippen LogP contribution in [0.5, 0.6) is 0 Å². The molecule has 0 unspecified atom stereocenters. The topological polar surface area (TPSA) is 49.8 Å². The van der Waals surface area contributed by atoms with Gasteiger partial charge in [0, 0.05) is 23.5 Å². The van der Waals surface area contributed by atoms with Gasteiger partial charge in [-0.3, -0.25) is 0 Å². The number of aryl methyl sites for hydroxylation is 1. The number of nitrogens with one attached hydrogen (secondary N) is 2. The van der Waals surface area contributed by atoms with Gasteiger partial charge in [0.25, 0.3) is 0 Å². The summed E-state index contributed by atoms with van der Waals surface area (Å²) in [5, 5.41) is 6.11. The second-order valence-corrected chi connectivity index (χ2v) is 4.98. The third-order valence-electron chi connectivity index (χ3n) is 3.27. The summed E-state index contributed by atoms with van der Waals surface area (Å²) in [7, 11) is 0. The van der Waals surface area contributed by atoms with Gasteiger partial charge in [0.15, 0.2) is 11.6 Å². The first-order chi connectivity index (χ1) is 11.1. The fourth-order valence-electron chi connectivity index (χ4n) is 2.07. The largest absolute Gasteiger partial charge is 0.340 e.